The molecular formula is C26H37N3O4S. The largest absolute Gasteiger partial charge is 0.354 e. The highest BCUT2D eigenvalue weighted by Gasteiger charge is 2.31. The van der Waals surface area contributed by atoms with Crippen molar-refractivity contribution in [2.24, 2.45) is 5.92 Å². The number of aryl methyl sites for hydroxylation is 3. The van der Waals surface area contributed by atoms with E-state index in [9.17, 15) is 18.0 Å². The number of para-hydroxylation sites is 1. The lowest BCUT2D eigenvalue weighted by atomic mass is 10.1. The van der Waals surface area contributed by atoms with Gasteiger partial charge < -0.3 is 10.2 Å². The highest BCUT2D eigenvalue weighted by Crippen LogP contribution is 2.27. The number of rotatable bonds is 10. The molecule has 2 rings (SSSR count). The number of carbonyl (C=O) groups excluding carboxylic acids is 2. The monoisotopic (exact) mass is 487 g/mol. The van der Waals surface area contributed by atoms with Crippen LogP contribution in [0.4, 0.5) is 5.69 Å². The van der Waals surface area contributed by atoms with Crippen LogP contribution >= 0.6 is 0 Å². The molecule has 0 fully saturated rings. The van der Waals surface area contributed by atoms with E-state index >= 15 is 0 Å². The average Bonchev–Trinajstić information content (AvgIpc) is 2.74. The Hall–Kier alpha value is -2.87. The van der Waals surface area contributed by atoms with Crippen molar-refractivity contribution in [3.8, 4) is 0 Å². The summed E-state index contributed by atoms with van der Waals surface area (Å²) in [5, 5.41) is 2.88. The van der Waals surface area contributed by atoms with Crippen LogP contribution in [-0.2, 0) is 26.2 Å². The van der Waals surface area contributed by atoms with Crippen molar-refractivity contribution in [2.75, 3.05) is 23.7 Å². The number of sulfonamides is 1. The van der Waals surface area contributed by atoms with Crippen molar-refractivity contribution < 1.29 is 18.0 Å². The molecule has 0 saturated carbocycles. The van der Waals surface area contributed by atoms with E-state index in [0.29, 0.717) is 12.2 Å². The summed E-state index contributed by atoms with van der Waals surface area (Å²) in [7, 11) is -3.75. The predicted octanol–water partition coefficient (Wildman–Crippen LogP) is 3.57. The quantitative estimate of drug-likeness (QED) is 0.555. The summed E-state index contributed by atoms with van der Waals surface area (Å²) < 4.78 is 26.6. The summed E-state index contributed by atoms with van der Waals surface area (Å²) in [5.74, 6) is -0.449. The van der Waals surface area contributed by atoms with Crippen molar-refractivity contribution in [1.29, 1.82) is 0 Å². The van der Waals surface area contributed by atoms with Crippen LogP contribution in [0.5, 0.6) is 0 Å². The van der Waals surface area contributed by atoms with E-state index in [-0.39, 0.29) is 18.4 Å². The normalized spacial score (nSPS) is 12.4. The SMILES string of the molecule is Cc1ccc(CN(C(=O)CN(c2c(C)cccc2C)S(C)(=O)=O)[C@@H](C)C(=O)NCC(C)C)cc1. The molecule has 0 aromatic heterocycles. The van der Waals surface area contributed by atoms with Gasteiger partial charge in [-0.25, -0.2) is 8.42 Å². The van der Waals surface area contributed by atoms with E-state index in [2.05, 4.69) is 5.32 Å². The molecular weight excluding hydrogens is 450 g/mol. The first kappa shape index (κ1) is 27.4. The minimum atomic E-state index is -3.75. The van der Waals surface area contributed by atoms with Crippen LogP contribution in [0.25, 0.3) is 0 Å². The van der Waals surface area contributed by atoms with Crippen molar-refractivity contribution in [3.05, 3.63) is 64.7 Å². The Labute approximate surface area is 204 Å². The van der Waals surface area contributed by atoms with Gasteiger partial charge in [0.25, 0.3) is 0 Å². The molecule has 0 aliphatic carbocycles. The molecule has 2 aromatic carbocycles. The Kier molecular flexibility index (Phi) is 9.27. The van der Waals surface area contributed by atoms with Crippen LogP contribution in [0.3, 0.4) is 0 Å². The van der Waals surface area contributed by atoms with E-state index in [4.69, 9.17) is 0 Å². The zero-order chi connectivity index (χ0) is 25.6. The molecule has 7 nitrogen and oxygen atoms in total. The van der Waals surface area contributed by atoms with Gasteiger partial charge in [0.2, 0.25) is 21.8 Å². The van der Waals surface area contributed by atoms with Crippen LogP contribution in [0, 0.1) is 26.7 Å². The number of benzene rings is 2. The van der Waals surface area contributed by atoms with Crippen molar-refractivity contribution in [3.63, 3.8) is 0 Å². The van der Waals surface area contributed by atoms with Gasteiger partial charge in [0.05, 0.1) is 11.9 Å². The van der Waals surface area contributed by atoms with E-state index in [1.54, 1.807) is 6.92 Å². The lowest BCUT2D eigenvalue weighted by molar-refractivity contribution is -0.139. The summed E-state index contributed by atoms with van der Waals surface area (Å²) in [6, 6.07) is 12.4. The Morgan fingerprint density at radius 1 is 0.941 bits per heavy atom. The second kappa shape index (κ2) is 11.5. The summed E-state index contributed by atoms with van der Waals surface area (Å²) in [4.78, 5) is 27.9. The molecule has 0 aliphatic rings. The molecule has 0 bridgehead atoms. The molecule has 1 atom stereocenters. The number of hydrogen-bond acceptors (Lipinski definition) is 4. The second-order valence-corrected chi connectivity index (χ2v) is 11.2. The maximum atomic E-state index is 13.6. The molecule has 2 amide bonds. The van der Waals surface area contributed by atoms with Gasteiger partial charge in [-0.2, -0.15) is 0 Å². The number of anilines is 1. The maximum Gasteiger partial charge on any atom is 0.244 e. The smallest absolute Gasteiger partial charge is 0.244 e. The maximum absolute atomic E-state index is 13.6. The van der Waals surface area contributed by atoms with E-state index in [1.807, 2.05) is 77.1 Å². The van der Waals surface area contributed by atoms with Crippen molar-refractivity contribution >= 4 is 27.5 Å². The Balaban J connectivity index is 2.41. The Morgan fingerprint density at radius 2 is 1.50 bits per heavy atom. The van der Waals surface area contributed by atoms with Crippen LogP contribution in [0.15, 0.2) is 42.5 Å². The third kappa shape index (κ3) is 7.32. The van der Waals surface area contributed by atoms with Gasteiger partial charge >= 0.3 is 0 Å². The highest BCUT2D eigenvalue weighted by molar-refractivity contribution is 7.92. The van der Waals surface area contributed by atoms with Crippen molar-refractivity contribution in [2.45, 2.75) is 54.1 Å². The zero-order valence-electron chi connectivity index (χ0n) is 21.3. The number of carbonyl (C=O) groups is 2. The minimum Gasteiger partial charge on any atom is -0.354 e. The number of hydrogen-bond donors (Lipinski definition) is 1. The van der Waals surface area contributed by atoms with Gasteiger partial charge in [0, 0.05) is 13.1 Å². The summed E-state index contributed by atoms with van der Waals surface area (Å²) in [6.45, 7) is 11.6. The number of nitrogens with zero attached hydrogens (tertiary/aromatic N) is 2. The number of nitrogens with one attached hydrogen (secondary N) is 1. The lowest BCUT2D eigenvalue weighted by Crippen LogP contribution is -2.51. The molecule has 8 heteroatoms. The third-order valence-electron chi connectivity index (χ3n) is 5.69. The Morgan fingerprint density at radius 3 is 2.00 bits per heavy atom. The van der Waals surface area contributed by atoms with E-state index in [0.717, 1.165) is 32.8 Å². The number of amides is 2. The zero-order valence-corrected chi connectivity index (χ0v) is 22.1. The van der Waals surface area contributed by atoms with Gasteiger partial charge in [0.1, 0.15) is 12.6 Å². The molecule has 0 spiro atoms. The van der Waals surface area contributed by atoms with Gasteiger partial charge in [-0.1, -0.05) is 61.9 Å². The van der Waals surface area contributed by atoms with Gasteiger partial charge in [-0.3, -0.25) is 13.9 Å². The standard InChI is InChI=1S/C26H37N3O4S/c1-18(2)15-27-26(31)22(6)28(16-23-13-11-19(3)12-14-23)24(30)17-29(34(7,32)33)25-20(4)9-8-10-21(25)5/h8-14,18,22H,15-17H2,1-7H3,(H,27,31)/t22-/m0/s1. The van der Waals surface area contributed by atoms with Crippen molar-refractivity contribution in [1.82, 2.24) is 10.2 Å². The van der Waals surface area contributed by atoms with E-state index < -0.39 is 28.5 Å². The van der Waals surface area contributed by atoms with Crippen LogP contribution < -0.4 is 9.62 Å². The molecule has 0 aliphatic heterocycles. The fourth-order valence-electron chi connectivity index (χ4n) is 3.70. The minimum absolute atomic E-state index is 0.194. The van der Waals surface area contributed by atoms with Gasteiger partial charge in [-0.15, -0.1) is 0 Å². The van der Waals surface area contributed by atoms with Gasteiger partial charge in [0.15, 0.2) is 0 Å². The molecule has 186 valence electrons. The first-order valence-corrected chi connectivity index (χ1v) is 13.3. The molecule has 2 aromatic rings. The summed E-state index contributed by atoms with van der Waals surface area (Å²) >= 11 is 0. The molecule has 0 radical (unpaired) electrons. The average molecular weight is 488 g/mol. The third-order valence-corrected chi connectivity index (χ3v) is 6.81. The lowest BCUT2D eigenvalue weighted by Gasteiger charge is -2.32. The predicted molar refractivity (Wildman–Crippen MR) is 137 cm³/mol. The first-order chi connectivity index (χ1) is 15.8. The summed E-state index contributed by atoms with van der Waals surface area (Å²) in [6.07, 6.45) is 1.09. The molecule has 0 heterocycles. The molecule has 0 saturated heterocycles. The van der Waals surface area contributed by atoms with Crippen LogP contribution in [0.2, 0.25) is 0 Å². The molecule has 0 unspecified atom stereocenters. The highest BCUT2D eigenvalue weighted by atomic mass is 32.2. The first-order valence-electron chi connectivity index (χ1n) is 11.5. The van der Waals surface area contributed by atoms with Gasteiger partial charge in [-0.05, 0) is 50.3 Å². The fourth-order valence-corrected chi connectivity index (χ4v) is 4.66. The molecule has 34 heavy (non-hydrogen) atoms. The topological polar surface area (TPSA) is 86.8 Å². The fraction of sp³-hybridized carbons (Fsp3) is 0.462. The Bertz CT molecular complexity index is 1090. The summed E-state index contributed by atoms with van der Waals surface area (Å²) in [5.41, 5.74) is 3.95. The van der Waals surface area contributed by atoms with Crippen LogP contribution in [-0.4, -0.2) is 50.5 Å². The molecule has 1 N–H and O–H groups in total. The van der Waals surface area contributed by atoms with Crippen LogP contribution in [0.1, 0.15) is 43.0 Å². The second-order valence-electron chi connectivity index (χ2n) is 9.33. The van der Waals surface area contributed by atoms with E-state index in [1.165, 1.54) is 4.90 Å².